The van der Waals surface area contributed by atoms with E-state index in [9.17, 15) is 19.2 Å². The summed E-state index contributed by atoms with van der Waals surface area (Å²) in [4.78, 5) is 50.0. The van der Waals surface area contributed by atoms with Crippen molar-refractivity contribution >= 4 is 41.5 Å². The van der Waals surface area contributed by atoms with E-state index in [4.69, 9.17) is 4.74 Å². The number of rotatable bonds is 8. The highest BCUT2D eigenvalue weighted by Gasteiger charge is 2.23. The second-order valence-electron chi connectivity index (χ2n) is 8.56. The largest absolute Gasteiger partial charge is 0.468 e. The Kier molecular flexibility index (Phi) is 8.86. The van der Waals surface area contributed by atoms with Crippen LogP contribution in [0.2, 0.25) is 0 Å². The van der Waals surface area contributed by atoms with Gasteiger partial charge in [0.05, 0.1) is 19.9 Å². The lowest BCUT2D eigenvalue weighted by Crippen LogP contribution is -2.37. The summed E-state index contributed by atoms with van der Waals surface area (Å²) >= 11 is 0. The predicted octanol–water partition coefficient (Wildman–Crippen LogP) is 3.13. The monoisotopic (exact) mass is 529 g/mol. The molecule has 0 spiro atoms. The van der Waals surface area contributed by atoms with E-state index >= 15 is 0 Å². The Morgan fingerprint density at radius 3 is 2.56 bits per heavy atom. The second kappa shape index (κ2) is 12.9. The minimum atomic E-state index is -0.681. The number of fused-ring (bicyclic) bond motifs is 1. The fourth-order valence-corrected chi connectivity index (χ4v) is 3.75. The van der Waals surface area contributed by atoms with Crippen LogP contribution in [-0.2, 0) is 32.2 Å². The molecule has 3 amide bonds. The standard InChI is InChI=1S/C28H27N5O6/c1-38-26(35)17-33-16-22-13-23(11-12-24(22)29-15-25(33)34)31-27(36)21-9-7-19(8-10-21)14-30-32-28(37)39-18-20-5-3-2-4-6-20/h2-14,29H,15-18H2,1H3,(H,31,36)(H,32,37). The lowest BCUT2D eigenvalue weighted by atomic mass is 10.1. The Labute approximate surface area is 224 Å². The van der Waals surface area contributed by atoms with Crippen LogP contribution in [0.3, 0.4) is 0 Å². The summed E-state index contributed by atoms with van der Waals surface area (Å²) in [6.45, 7) is 0.223. The van der Waals surface area contributed by atoms with Gasteiger partial charge >= 0.3 is 12.1 Å². The molecule has 0 unspecified atom stereocenters. The Hall–Kier alpha value is -5.19. The molecule has 0 saturated heterocycles. The summed E-state index contributed by atoms with van der Waals surface area (Å²) < 4.78 is 9.77. The molecule has 3 N–H and O–H groups in total. The number of nitrogens with one attached hydrogen (secondary N) is 3. The van der Waals surface area contributed by atoms with Gasteiger partial charge < -0.3 is 25.0 Å². The van der Waals surface area contributed by atoms with Crippen LogP contribution in [-0.4, -0.2) is 55.2 Å². The number of carbonyl (C=O) groups is 4. The molecular formula is C28H27N5O6. The highest BCUT2D eigenvalue weighted by atomic mass is 16.6. The number of hydrogen-bond donors (Lipinski definition) is 3. The Bertz CT molecular complexity index is 1370. The van der Waals surface area contributed by atoms with Crippen LogP contribution in [0.4, 0.5) is 16.2 Å². The van der Waals surface area contributed by atoms with Crippen molar-refractivity contribution in [3.63, 3.8) is 0 Å². The normalized spacial score (nSPS) is 12.6. The van der Waals surface area contributed by atoms with Crippen LogP contribution in [0.25, 0.3) is 0 Å². The fourth-order valence-electron chi connectivity index (χ4n) is 3.75. The zero-order valence-corrected chi connectivity index (χ0v) is 21.2. The van der Waals surface area contributed by atoms with Crippen LogP contribution in [0.1, 0.15) is 27.0 Å². The molecule has 3 aromatic carbocycles. The van der Waals surface area contributed by atoms with E-state index in [1.807, 2.05) is 30.3 Å². The van der Waals surface area contributed by atoms with Crippen LogP contribution >= 0.6 is 0 Å². The molecule has 4 rings (SSSR count). The molecule has 1 heterocycles. The molecule has 0 atom stereocenters. The highest BCUT2D eigenvalue weighted by Crippen LogP contribution is 2.25. The van der Waals surface area contributed by atoms with Crippen molar-refractivity contribution in [3.05, 3.63) is 95.1 Å². The maximum atomic E-state index is 12.8. The molecule has 3 aromatic rings. The highest BCUT2D eigenvalue weighted by molar-refractivity contribution is 6.04. The predicted molar refractivity (Wildman–Crippen MR) is 144 cm³/mol. The van der Waals surface area contributed by atoms with Crippen molar-refractivity contribution in [3.8, 4) is 0 Å². The van der Waals surface area contributed by atoms with Gasteiger partial charge in [-0.2, -0.15) is 5.10 Å². The minimum absolute atomic E-state index is 0.0513. The van der Waals surface area contributed by atoms with Gasteiger partial charge in [0.1, 0.15) is 13.2 Å². The van der Waals surface area contributed by atoms with E-state index in [1.54, 1.807) is 42.5 Å². The van der Waals surface area contributed by atoms with Crippen molar-refractivity contribution in [2.75, 3.05) is 30.8 Å². The lowest BCUT2D eigenvalue weighted by molar-refractivity contribution is -0.146. The van der Waals surface area contributed by atoms with Crippen LogP contribution in [0.15, 0.2) is 77.9 Å². The zero-order chi connectivity index (χ0) is 27.6. The van der Waals surface area contributed by atoms with Gasteiger partial charge in [-0.1, -0.05) is 42.5 Å². The molecule has 11 nitrogen and oxygen atoms in total. The Morgan fingerprint density at radius 1 is 1.05 bits per heavy atom. The van der Waals surface area contributed by atoms with E-state index in [1.165, 1.54) is 18.2 Å². The summed E-state index contributed by atoms with van der Waals surface area (Å²) in [6, 6.07) is 21.2. The second-order valence-corrected chi connectivity index (χ2v) is 8.56. The number of ether oxygens (including phenoxy) is 2. The van der Waals surface area contributed by atoms with Crippen molar-refractivity contribution < 1.29 is 28.7 Å². The molecule has 0 bridgehead atoms. The first kappa shape index (κ1) is 26.9. The molecule has 200 valence electrons. The number of esters is 1. The maximum Gasteiger partial charge on any atom is 0.428 e. The van der Waals surface area contributed by atoms with Gasteiger partial charge in [0, 0.05) is 23.5 Å². The number of carbonyl (C=O) groups excluding carboxylic acids is 4. The van der Waals surface area contributed by atoms with Crippen molar-refractivity contribution in [2.45, 2.75) is 13.2 Å². The number of nitrogens with zero attached hydrogens (tertiary/aromatic N) is 2. The number of amides is 3. The topological polar surface area (TPSA) is 138 Å². The van der Waals surface area contributed by atoms with E-state index in [0.29, 0.717) is 16.8 Å². The molecule has 39 heavy (non-hydrogen) atoms. The van der Waals surface area contributed by atoms with Gasteiger partial charge in [0.15, 0.2) is 0 Å². The average Bonchev–Trinajstić information content (AvgIpc) is 3.10. The SMILES string of the molecule is COC(=O)CN1Cc2cc(NC(=O)c3ccc(C=NNC(=O)OCc4ccccc4)cc3)ccc2NCC1=O. The number of hydrogen-bond acceptors (Lipinski definition) is 8. The number of anilines is 2. The smallest absolute Gasteiger partial charge is 0.428 e. The first-order valence-electron chi connectivity index (χ1n) is 12.0. The van der Waals surface area contributed by atoms with E-state index in [2.05, 4.69) is 25.9 Å². The lowest BCUT2D eigenvalue weighted by Gasteiger charge is -2.19. The van der Waals surface area contributed by atoms with Crippen LogP contribution in [0.5, 0.6) is 0 Å². The van der Waals surface area contributed by atoms with Gasteiger partial charge in [-0.25, -0.2) is 10.2 Å². The van der Waals surface area contributed by atoms with Crippen molar-refractivity contribution in [2.24, 2.45) is 5.10 Å². The summed E-state index contributed by atoms with van der Waals surface area (Å²) in [7, 11) is 1.27. The first-order chi connectivity index (χ1) is 18.9. The third-order valence-electron chi connectivity index (χ3n) is 5.81. The molecule has 0 aromatic heterocycles. The maximum absolute atomic E-state index is 12.8. The molecule has 0 aliphatic carbocycles. The van der Waals surface area contributed by atoms with Gasteiger partial charge in [0.25, 0.3) is 5.91 Å². The van der Waals surface area contributed by atoms with Crippen LogP contribution < -0.4 is 16.1 Å². The number of benzene rings is 3. The third kappa shape index (κ3) is 7.65. The quantitative estimate of drug-likeness (QED) is 0.232. The van der Waals surface area contributed by atoms with Crippen molar-refractivity contribution in [1.82, 2.24) is 10.3 Å². The molecule has 0 saturated carbocycles. The number of hydrazone groups is 1. The molecular weight excluding hydrogens is 502 g/mol. The van der Waals surface area contributed by atoms with E-state index in [-0.39, 0.29) is 38.1 Å². The molecule has 0 fully saturated rings. The Balaban J connectivity index is 1.31. The van der Waals surface area contributed by atoms with Gasteiger partial charge in [-0.15, -0.1) is 0 Å². The van der Waals surface area contributed by atoms with E-state index < -0.39 is 12.1 Å². The summed E-state index contributed by atoms with van der Waals surface area (Å²) in [5.41, 5.74) is 6.28. The minimum Gasteiger partial charge on any atom is -0.468 e. The molecule has 11 heteroatoms. The summed E-state index contributed by atoms with van der Waals surface area (Å²) in [5, 5.41) is 9.76. The zero-order valence-electron chi connectivity index (χ0n) is 21.2. The van der Waals surface area contributed by atoms with Crippen LogP contribution in [0, 0.1) is 0 Å². The first-order valence-corrected chi connectivity index (χ1v) is 12.0. The summed E-state index contributed by atoms with van der Waals surface area (Å²) in [6.07, 6.45) is 0.756. The summed E-state index contributed by atoms with van der Waals surface area (Å²) in [5.74, 6) is -1.07. The molecule has 1 aliphatic rings. The van der Waals surface area contributed by atoms with Crippen molar-refractivity contribution in [1.29, 1.82) is 0 Å². The Morgan fingerprint density at radius 2 is 1.82 bits per heavy atom. The molecule has 1 aliphatic heterocycles. The third-order valence-corrected chi connectivity index (χ3v) is 5.81. The average molecular weight is 530 g/mol. The van der Waals surface area contributed by atoms with Gasteiger partial charge in [-0.3, -0.25) is 14.4 Å². The van der Waals surface area contributed by atoms with Gasteiger partial charge in [0.2, 0.25) is 5.91 Å². The molecule has 0 radical (unpaired) electrons. The fraction of sp³-hybridized carbons (Fsp3) is 0.179. The van der Waals surface area contributed by atoms with Gasteiger partial charge in [-0.05, 0) is 47.0 Å². The van der Waals surface area contributed by atoms with E-state index in [0.717, 1.165) is 16.8 Å². The number of methoxy groups -OCH3 is 1.